The number of benzene rings is 1. The third-order valence-corrected chi connectivity index (χ3v) is 7.23. The number of carbonyl (C=O) groups excluding carboxylic acids is 2. The molecule has 4 rings (SSSR count). The molecular formula is C25H37N3O5. The maximum Gasteiger partial charge on any atom is 0.264 e. The van der Waals surface area contributed by atoms with Crippen LogP contribution in [0.15, 0.2) is 18.2 Å². The molecule has 1 aromatic carbocycles. The highest BCUT2D eigenvalue weighted by molar-refractivity contribution is 6.02. The lowest BCUT2D eigenvalue weighted by Crippen LogP contribution is -2.56. The molecule has 182 valence electrons. The largest absolute Gasteiger partial charge is 0.496 e. The predicted molar refractivity (Wildman–Crippen MR) is 125 cm³/mol. The number of hydrogen-bond donors (Lipinski definition) is 1. The van der Waals surface area contributed by atoms with E-state index in [1.807, 2.05) is 0 Å². The molecular weight excluding hydrogens is 422 g/mol. The van der Waals surface area contributed by atoms with Gasteiger partial charge in [-0.05, 0) is 63.7 Å². The Balaban J connectivity index is 1.56. The van der Waals surface area contributed by atoms with Crippen molar-refractivity contribution in [2.75, 3.05) is 47.0 Å². The van der Waals surface area contributed by atoms with Gasteiger partial charge in [0.2, 0.25) is 5.91 Å². The van der Waals surface area contributed by atoms with E-state index in [0.29, 0.717) is 23.6 Å². The van der Waals surface area contributed by atoms with Crippen LogP contribution in [0.4, 0.5) is 0 Å². The Kier molecular flexibility index (Phi) is 7.75. The van der Waals surface area contributed by atoms with Crippen molar-refractivity contribution in [1.82, 2.24) is 15.1 Å². The van der Waals surface area contributed by atoms with E-state index in [2.05, 4.69) is 10.2 Å². The van der Waals surface area contributed by atoms with E-state index in [9.17, 15) is 9.59 Å². The van der Waals surface area contributed by atoms with Gasteiger partial charge in [-0.1, -0.05) is 18.9 Å². The summed E-state index contributed by atoms with van der Waals surface area (Å²) in [4.78, 5) is 31.4. The van der Waals surface area contributed by atoms with Gasteiger partial charge in [0.1, 0.15) is 28.8 Å². The highest BCUT2D eigenvalue weighted by Gasteiger charge is 2.53. The number of carbonyl (C=O) groups is 2. The molecule has 1 unspecified atom stereocenters. The second-order valence-corrected chi connectivity index (χ2v) is 9.24. The van der Waals surface area contributed by atoms with Crippen molar-refractivity contribution >= 4 is 11.8 Å². The average Bonchev–Trinajstić information content (AvgIpc) is 3.22. The molecule has 2 amide bonds. The van der Waals surface area contributed by atoms with Gasteiger partial charge >= 0.3 is 0 Å². The Hall–Kier alpha value is -2.32. The lowest BCUT2D eigenvalue weighted by Gasteiger charge is -2.41. The molecule has 1 spiro atoms. The number of nitrogens with zero attached hydrogens (tertiary/aromatic N) is 2. The summed E-state index contributed by atoms with van der Waals surface area (Å²) in [6.45, 7) is 3.79. The van der Waals surface area contributed by atoms with Crippen LogP contribution in [-0.2, 0) is 9.53 Å². The van der Waals surface area contributed by atoms with Gasteiger partial charge in [0.05, 0.1) is 20.8 Å². The molecule has 0 aromatic heterocycles. The number of hydrogen-bond acceptors (Lipinski definition) is 6. The van der Waals surface area contributed by atoms with Crippen LogP contribution in [0, 0.1) is 0 Å². The Morgan fingerprint density at radius 1 is 1.03 bits per heavy atom. The number of amides is 2. The highest BCUT2D eigenvalue weighted by Crippen LogP contribution is 2.43. The summed E-state index contributed by atoms with van der Waals surface area (Å²) in [6, 6.07) is 4.60. The fourth-order valence-electron chi connectivity index (χ4n) is 5.49. The van der Waals surface area contributed by atoms with Crippen molar-refractivity contribution in [3.8, 4) is 11.5 Å². The van der Waals surface area contributed by atoms with Crippen molar-refractivity contribution in [2.45, 2.75) is 63.1 Å². The molecule has 1 atom stereocenters. The van der Waals surface area contributed by atoms with Gasteiger partial charge in [-0.3, -0.25) is 14.5 Å². The number of piperidine rings is 1. The fourth-order valence-corrected chi connectivity index (χ4v) is 5.49. The van der Waals surface area contributed by atoms with Gasteiger partial charge in [0.15, 0.2) is 0 Å². The molecule has 0 bridgehead atoms. The highest BCUT2D eigenvalue weighted by atomic mass is 16.5. The number of methoxy groups -OCH3 is 2. The molecule has 33 heavy (non-hydrogen) atoms. The monoisotopic (exact) mass is 459 g/mol. The second-order valence-electron chi connectivity index (χ2n) is 9.24. The van der Waals surface area contributed by atoms with Crippen LogP contribution in [0.5, 0.6) is 11.5 Å². The molecule has 1 N–H and O–H groups in total. The van der Waals surface area contributed by atoms with Gasteiger partial charge in [0.25, 0.3) is 5.91 Å². The van der Waals surface area contributed by atoms with E-state index in [-0.39, 0.29) is 18.4 Å². The molecule has 1 aromatic rings. The average molecular weight is 460 g/mol. The van der Waals surface area contributed by atoms with E-state index < -0.39 is 11.8 Å². The van der Waals surface area contributed by atoms with E-state index in [4.69, 9.17) is 14.2 Å². The minimum atomic E-state index is -0.754. The third-order valence-electron chi connectivity index (χ3n) is 7.23. The maximum absolute atomic E-state index is 14.0. The Bertz CT molecular complexity index is 811. The first-order valence-corrected chi connectivity index (χ1v) is 12.3. The minimum absolute atomic E-state index is 0.156. The molecule has 2 saturated heterocycles. The van der Waals surface area contributed by atoms with Crippen molar-refractivity contribution < 1.29 is 23.8 Å². The molecule has 8 nitrogen and oxygen atoms in total. The smallest absolute Gasteiger partial charge is 0.264 e. The molecule has 1 saturated carbocycles. The van der Waals surface area contributed by atoms with Crippen molar-refractivity contribution in [3.05, 3.63) is 23.8 Å². The molecule has 0 radical (unpaired) electrons. The van der Waals surface area contributed by atoms with Gasteiger partial charge in [0, 0.05) is 13.1 Å². The standard InChI is InChI=1S/C25H37N3O5/c1-31-20-10-9-11-21(32-2)22(20)24(30)28-19(18-33-25(28)12-5-3-6-13-25)23(29)26-14-17-27-15-7-4-8-16-27/h9-11,19H,3-8,12-18H2,1-2H3,(H,26,29). The van der Waals surface area contributed by atoms with Gasteiger partial charge < -0.3 is 24.4 Å². The van der Waals surface area contributed by atoms with Crippen LogP contribution in [0.25, 0.3) is 0 Å². The van der Waals surface area contributed by atoms with Crippen LogP contribution < -0.4 is 14.8 Å². The Labute approximate surface area is 196 Å². The molecule has 2 heterocycles. The van der Waals surface area contributed by atoms with Crippen molar-refractivity contribution in [2.24, 2.45) is 0 Å². The molecule has 2 aliphatic heterocycles. The first-order valence-electron chi connectivity index (χ1n) is 12.3. The van der Waals surface area contributed by atoms with Gasteiger partial charge in [-0.25, -0.2) is 0 Å². The predicted octanol–water partition coefficient (Wildman–Crippen LogP) is 2.81. The Morgan fingerprint density at radius 2 is 1.67 bits per heavy atom. The van der Waals surface area contributed by atoms with E-state index in [1.54, 1.807) is 23.1 Å². The van der Waals surface area contributed by atoms with E-state index >= 15 is 0 Å². The van der Waals surface area contributed by atoms with Crippen molar-refractivity contribution in [3.63, 3.8) is 0 Å². The van der Waals surface area contributed by atoms with E-state index in [1.165, 1.54) is 33.5 Å². The molecule has 1 aliphatic carbocycles. The summed E-state index contributed by atoms with van der Waals surface area (Å²) in [5.41, 5.74) is -0.417. The van der Waals surface area contributed by atoms with Crippen LogP contribution in [0.1, 0.15) is 61.7 Å². The first-order chi connectivity index (χ1) is 16.1. The first kappa shape index (κ1) is 23.8. The molecule has 3 aliphatic rings. The van der Waals surface area contributed by atoms with Crippen LogP contribution >= 0.6 is 0 Å². The molecule has 3 fully saturated rings. The van der Waals surface area contributed by atoms with Crippen LogP contribution in [-0.4, -0.2) is 80.4 Å². The van der Waals surface area contributed by atoms with Crippen LogP contribution in [0.3, 0.4) is 0 Å². The summed E-state index contributed by atoms with van der Waals surface area (Å²) in [7, 11) is 3.07. The SMILES string of the molecule is COc1cccc(OC)c1C(=O)N1C(C(=O)NCCN2CCCCC2)COC12CCCCC2. The zero-order chi connectivity index (χ0) is 23.3. The summed E-state index contributed by atoms with van der Waals surface area (Å²) < 4.78 is 17.3. The third kappa shape index (κ3) is 4.96. The number of rotatable bonds is 7. The van der Waals surface area contributed by atoms with Gasteiger partial charge in [-0.2, -0.15) is 0 Å². The topological polar surface area (TPSA) is 80.3 Å². The minimum Gasteiger partial charge on any atom is -0.496 e. The summed E-state index contributed by atoms with van der Waals surface area (Å²) in [5.74, 6) is 0.430. The van der Waals surface area contributed by atoms with E-state index in [0.717, 1.165) is 51.7 Å². The Morgan fingerprint density at radius 3 is 2.30 bits per heavy atom. The zero-order valence-electron chi connectivity index (χ0n) is 19.9. The molecule has 8 heteroatoms. The number of nitrogens with one attached hydrogen (secondary N) is 1. The quantitative estimate of drug-likeness (QED) is 0.676. The normalized spacial score (nSPS) is 22.8. The zero-order valence-corrected chi connectivity index (χ0v) is 19.9. The van der Waals surface area contributed by atoms with Crippen molar-refractivity contribution in [1.29, 1.82) is 0 Å². The summed E-state index contributed by atoms with van der Waals surface area (Å²) >= 11 is 0. The lowest BCUT2D eigenvalue weighted by molar-refractivity contribution is -0.127. The number of likely N-dealkylation sites (tertiary alicyclic amines) is 1. The second kappa shape index (κ2) is 10.7. The summed E-state index contributed by atoms with van der Waals surface area (Å²) in [5, 5.41) is 3.07. The number of ether oxygens (including phenoxy) is 3. The van der Waals surface area contributed by atoms with Gasteiger partial charge in [-0.15, -0.1) is 0 Å². The summed E-state index contributed by atoms with van der Waals surface area (Å²) in [6.07, 6.45) is 8.23. The fraction of sp³-hybridized carbons (Fsp3) is 0.680. The van der Waals surface area contributed by atoms with Crippen LogP contribution in [0.2, 0.25) is 0 Å². The lowest BCUT2D eigenvalue weighted by atomic mass is 9.89. The maximum atomic E-state index is 14.0.